The fraction of sp³-hybridized carbons (Fsp3) is 0.667. The van der Waals surface area contributed by atoms with Crippen LogP contribution < -0.4 is 11.5 Å². The Labute approximate surface area is 77.3 Å². The topological polar surface area (TPSA) is 78.1 Å². The lowest BCUT2D eigenvalue weighted by atomic mass is 9.84. The molecule has 4 N–H and O–H groups in total. The van der Waals surface area contributed by atoms with Gasteiger partial charge in [-0.05, 0) is 25.7 Å². The minimum absolute atomic E-state index is 0.375. The summed E-state index contributed by atoms with van der Waals surface area (Å²) in [7, 11) is 0. The van der Waals surface area contributed by atoms with Crippen LogP contribution in [-0.4, -0.2) is 11.2 Å². The highest BCUT2D eigenvalue weighted by Crippen LogP contribution is 2.31. The molecule has 72 valence electrons. The number of nitrogens with zero attached hydrogens (tertiary/aromatic N) is 1. The predicted octanol–water partition coefficient (Wildman–Crippen LogP) is 1.24. The zero-order valence-corrected chi connectivity index (χ0v) is 7.57. The number of hydrogen-bond acceptors (Lipinski definition) is 4. The van der Waals surface area contributed by atoms with Crippen molar-refractivity contribution in [1.29, 1.82) is 0 Å². The number of rotatable bonds is 1. The van der Waals surface area contributed by atoms with Crippen molar-refractivity contribution in [3.8, 4) is 0 Å². The molecule has 0 saturated heterocycles. The van der Waals surface area contributed by atoms with E-state index in [0.717, 1.165) is 31.4 Å². The molecule has 0 aliphatic heterocycles. The predicted molar refractivity (Wildman–Crippen MR) is 50.1 cm³/mol. The maximum absolute atomic E-state index is 5.81. The summed E-state index contributed by atoms with van der Waals surface area (Å²) in [4.78, 5) is 0. The zero-order valence-electron chi connectivity index (χ0n) is 7.57. The van der Waals surface area contributed by atoms with Gasteiger partial charge in [-0.1, -0.05) is 5.16 Å². The van der Waals surface area contributed by atoms with E-state index in [-0.39, 0.29) is 0 Å². The molecule has 2 rings (SSSR count). The molecule has 0 atom stereocenters. The average Bonchev–Trinajstić information content (AvgIpc) is 2.53. The summed E-state index contributed by atoms with van der Waals surface area (Å²) in [5, 5.41) is 3.92. The summed E-state index contributed by atoms with van der Waals surface area (Å²) >= 11 is 0. The van der Waals surface area contributed by atoms with Crippen molar-refractivity contribution in [2.75, 3.05) is 5.73 Å². The lowest BCUT2D eigenvalue weighted by Gasteiger charge is -2.23. The monoisotopic (exact) mass is 181 g/mol. The molecule has 4 nitrogen and oxygen atoms in total. The van der Waals surface area contributed by atoms with Crippen molar-refractivity contribution in [3.63, 3.8) is 0 Å². The minimum Gasteiger partial charge on any atom is -0.368 e. The third kappa shape index (κ3) is 1.83. The van der Waals surface area contributed by atoms with Crippen LogP contribution in [0.4, 0.5) is 5.88 Å². The van der Waals surface area contributed by atoms with Gasteiger partial charge in [0.15, 0.2) is 0 Å². The van der Waals surface area contributed by atoms with Crippen LogP contribution >= 0.6 is 0 Å². The van der Waals surface area contributed by atoms with E-state index in [9.17, 15) is 0 Å². The summed E-state index contributed by atoms with van der Waals surface area (Å²) in [6.45, 7) is 0. The largest absolute Gasteiger partial charge is 0.368 e. The van der Waals surface area contributed by atoms with E-state index in [4.69, 9.17) is 16.0 Å². The summed E-state index contributed by atoms with van der Waals surface area (Å²) in [5.74, 6) is 0.908. The third-order valence-electron chi connectivity index (χ3n) is 2.74. The van der Waals surface area contributed by atoms with Crippen molar-refractivity contribution in [1.82, 2.24) is 5.16 Å². The highest BCUT2D eigenvalue weighted by molar-refractivity contribution is 5.26. The molecule has 1 aliphatic rings. The van der Waals surface area contributed by atoms with Gasteiger partial charge in [-0.2, -0.15) is 0 Å². The third-order valence-corrected chi connectivity index (χ3v) is 2.74. The first-order valence-electron chi connectivity index (χ1n) is 4.73. The average molecular weight is 181 g/mol. The first-order chi connectivity index (χ1) is 6.25. The normalized spacial score (nSPS) is 29.0. The Morgan fingerprint density at radius 2 is 2.00 bits per heavy atom. The standard InChI is InChI=1S/C9H15N3O/c10-7-3-1-6(2-4-7)8-5-9(11)13-12-8/h5-7H,1-4,10-11H2. The van der Waals surface area contributed by atoms with Crippen molar-refractivity contribution in [2.24, 2.45) is 5.73 Å². The van der Waals surface area contributed by atoms with E-state index in [2.05, 4.69) is 5.16 Å². The lowest BCUT2D eigenvalue weighted by Crippen LogP contribution is -2.25. The maximum Gasteiger partial charge on any atom is 0.222 e. The van der Waals surface area contributed by atoms with Gasteiger partial charge in [-0.3, -0.25) is 0 Å². The van der Waals surface area contributed by atoms with E-state index in [0.29, 0.717) is 17.8 Å². The summed E-state index contributed by atoms with van der Waals surface area (Å²) in [6, 6.07) is 2.20. The Morgan fingerprint density at radius 1 is 1.31 bits per heavy atom. The second-order valence-electron chi connectivity index (χ2n) is 3.77. The van der Waals surface area contributed by atoms with Gasteiger partial charge >= 0.3 is 0 Å². The number of anilines is 1. The van der Waals surface area contributed by atoms with Crippen LogP contribution in [0.5, 0.6) is 0 Å². The van der Waals surface area contributed by atoms with Gasteiger partial charge in [0.2, 0.25) is 5.88 Å². The van der Waals surface area contributed by atoms with E-state index in [1.165, 1.54) is 0 Å². The van der Waals surface area contributed by atoms with Crippen LogP contribution in [0.2, 0.25) is 0 Å². The van der Waals surface area contributed by atoms with Gasteiger partial charge in [-0.15, -0.1) is 0 Å². The fourth-order valence-corrected chi connectivity index (χ4v) is 1.91. The van der Waals surface area contributed by atoms with E-state index in [1.54, 1.807) is 0 Å². The molecule has 0 unspecified atom stereocenters. The fourth-order valence-electron chi connectivity index (χ4n) is 1.91. The highest BCUT2D eigenvalue weighted by Gasteiger charge is 2.22. The first-order valence-corrected chi connectivity index (χ1v) is 4.73. The van der Waals surface area contributed by atoms with E-state index in [1.807, 2.05) is 6.07 Å². The zero-order chi connectivity index (χ0) is 9.26. The summed E-state index contributed by atoms with van der Waals surface area (Å²) < 4.78 is 4.84. The lowest BCUT2D eigenvalue weighted by molar-refractivity contribution is 0.365. The maximum atomic E-state index is 5.81. The van der Waals surface area contributed by atoms with Crippen LogP contribution in [0.1, 0.15) is 37.3 Å². The molecule has 1 aliphatic carbocycles. The molecular formula is C9H15N3O. The van der Waals surface area contributed by atoms with Crippen molar-refractivity contribution >= 4 is 5.88 Å². The molecule has 1 heterocycles. The van der Waals surface area contributed by atoms with Crippen molar-refractivity contribution in [2.45, 2.75) is 37.6 Å². The molecule has 1 saturated carbocycles. The molecule has 1 aromatic rings. The second kappa shape index (κ2) is 3.38. The Hall–Kier alpha value is -1.03. The molecule has 0 radical (unpaired) electrons. The van der Waals surface area contributed by atoms with Gasteiger partial charge in [0.05, 0.1) is 5.69 Å². The molecule has 1 aromatic heterocycles. The minimum atomic E-state index is 0.375. The van der Waals surface area contributed by atoms with Crippen LogP contribution in [0.25, 0.3) is 0 Å². The Balaban J connectivity index is 2.02. The molecule has 1 fully saturated rings. The Bertz CT molecular complexity index is 276. The van der Waals surface area contributed by atoms with Crippen LogP contribution in [0, 0.1) is 0 Å². The van der Waals surface area contributed by atoms with Crippen molar-refractivity contribution < 1.29 is 4.52 Å². The Morgan fingerprint density at radius 3 is 2.54 bits per heavy atom. The molecule has 0 bridgehead atoms. The van der Waals surface area contributed by atoms with E-state index < -0.39 is 0 Å². The smallest absolute Gasteiger partial charge is 0.222 e. The number of nitrogen functional groups attached to an aromatic ring is 1. The molecule has 0 amide bonds. The summed E-state index contributed by atoms with van der Waals surface area (Å²) in [5.41, 5.74) is 12.3. The van der Waals surface area contributed by atoms with Gasteiger partial charge in [0, 0.05) is 18.0 Å². The molecule has 4 heteroatoms. The Kier molecular flexibility index (Phi) is 2.22. The molecular weight excluding hydrogens is 166 g/mol. The van der Waals surface area contributed by atoms with Gasteiger partial charge in [0.1, 0.15) is 0 Å². The van der Waals surface area contributed by atoms with Crippen LogP contribution in [0.15, 0.2) is 10.6 Å². The number of nitrogens with two attached hydrogens (primary N) is 2. The quantitative estimate of drug-likeness (QED) is 0.683. The van der Waals surface area contributed by atoms with Crippen LogP contribution in [0.3, 0.4) is 0 Å². The van der Waals surface area contributed by atoms with Gasteiger partial charge in [-0.25, -0.2) is 0 Å². The summed E-state index contributed by atoms with van der Waals surface area (Å²) in [6.07, 6.45) is 4.37. The number of hydrogen-bond donors (Lipinski definition) is 2. The van der Waals surface area contributed by atoms with Crippen molar-refractivity contribution in [3.05, 3.63) is 11.8 Å². The molecule has 0 aromatic carbocycles. The van der Waals surface area contributed by atoms with Crippen LogP contribution in [-0.2, 0) is 0 Å². The first kappa shape index (κ1) is 8.56. The van der Waals surface area contributed by atoms with Gasteiger partial charge < -0.3 is 16.0 Å². The SMILES string of the molecule is Nc1cc(C2CCC(N)CC2)no1. The van der Waals surface area contributed by atoms with Gasteiger partial charge in [0.25, 0.3) is 0 Å². The highest BCUT2D eigenvalue weighted by atomic mass is 16.5. The molecule has 0 spiro atoms. The number of aromatic nitrogens is 1. The molecule has 13 heavy (non-hydrogen) atoms. The van der Waals surface area contributed by atoms with E-state index >= 15 is 0 Å². The second-order valence-corrected chi connectivity index (χ2v) is 3.77.